The van der Waals surface area contributed by atoms with Gasteiger partial charge in [-0.05, 0) is 13.3 Å². The minimum atomic E-state index is -1.62. The van der Waals surface area contributed by atoms with E-state index in [0.717, 1.165) is 6.21 Å². The van der Waals surface area contributed by atoms with Gasteiger partial charge in [-0.1, -0.05) is 6.92 Å². The Labute approximate surface area is 209 Å². The van der Waals surface area contributed by atoms with Gasteiger partial charge in [0.2, 0.25) is 0 Å². The van der Waals surface area contributed by atoms with Gasteiger partial charge in [0.25, 0.3) is 0 Å². The summed E-state index contributed by atoms with van der Waals surface area (Å²) in [6, 6.07) is 0. The SMILES string of the molecule is CCC(OCC/N=C/C(O)C(O)[C@H](COC[C@H]1OC(CO)[C@H](O)C(O)C1O)C(O)CO)C(=O)C(C)O. The summed E-state index contributed by atoms with van der Waals surface area (Å²) in [6.45, 7) is 1.00. The lowest BCUT2D eigenvalue weighted by atomic mass is 9.93. The summed E-state index contributed by atoms with van der Waals surface area (Å²) >= 11 is 0. The highest BCUT2D eigenvalue weighted by Crippen LogP contribution is 2.22. The van der Waals surface area contributed by atoms with Crippen LogP contribution in [0, 0.1) is 5.92 Å². The molecule has 8 unspecified atom stereocenters. The lowest BCUT2D eigenvalue weighted by Gasteiger charge is -2.40. The first-order chi connectivity index (χ1) is 17.0. The number of hydrogen-bond acceptors (Lipinski definition) is 14. The number of carbonyl (C=O) groups is 1. The molecule has 0 aliphatic carbocycles. The molecule has 14 nitrogen and oxygen atoms in total. The number of Topliss-reactive ketones (excluding diaryl/α,β-unsaturated/α-hetero) is 1. The molecule has 0 radical (unpaired) electrons. The molecule has 11 atom stereocenters. The van der Waals surface area contributed by atoms with Crippen molar-refractivity contribution in [2.45, 2.75) is 81.3 Å². The van der Waals surface area contributed by atoms with Crippen LogP contribution in [0.2, 0.25) is 0 Å². The number of aliphatic hydroxyl groups is 9. The number of ketones is 1. The first-order valence-corrected chi connectivity index (χ1v) is 11.9. The molecule has 1 heterocycles. The van der Waals surface area contributed by atoms with Crippen molar-refractivity contribution in [3.8, 4) is 0 Å². The van der Waals surface area contributed by atoms with Crippen LogP contribution in [0.5, 0.6) is 0 Å². The summed E-state index contributed by atoms with van der Waals surface area (Å²) in [7, 11) is 0. The van der Waals surface area contributed by atoms with Crippen molar-refractivity contribution >= 4 is 12.0 Å². The first-order valence-electron chi connectivity index (χ1n) is 11.9. The molecule has 1 aliphatic rings. The Balaban J connectivity index is 2.60. The minimum absolute atomic E-state index is 0.0151. The maximum Gasteiger partial charge on any atom is 0.189 e. The molecule has 0 aromatic carbocycles. The Morgan fingerprint density at radius 2 is 1.69 bits per heavy atom. The Kier molecular flexibility index (Phi) is 15.2. The third-order valence-electron chi connectivity index (χ3n) is 5.95. The Morgan fingerprint density at radius 3 is 2.25 bits per heavy atom. The number of hydrogen-bond donors (Lipinski definition) is 9. The number of aliphatic hydroxyl groups excluding tert-OH is 9. The van der Waals surface area contributed by atoms with E-state index in [2.05, 4.69) is 4.99 Å². The fourth-order valence-corrected chi connectivity index (χ4v) is 3.65. The van der Waals surface area contributed by atoms with Crippen LogP contribution >= 0.6 is 0 Å². The predicted molar refractivity (Wildman–Crippen MR) is 123 cm³/mol. The molecule has 0 aromatic rings. The predicted octanol–water partition coefficient (Wildman–Crippen LogP) is -4.65. The average molecular weight is 528 g/mol. The number of ether oxygens (including phenoxy) is 3. The van der Waals surface area contributed by atoms with E-state index in [0.29, 0.717) is 6.42 Å². The second-order valence-corrected chi connectivity index (χ2v) is 8.70. The van der Waals surface area contributed by atoms with Gasteiger partial charge in [0, 0.05) is 12.1 Å². The summed E-state index contributed by atoms with van der Waals surface area (Å²) in [5.74, 6) is -1.65. The molecule has 1 rings (SSSR count). The van der Waals surface area contributed by atoms with E-state index in [1.165, 1.54) is 6.92 Å². The minimum Gasteiger partial charge on any atom is -0.394 e. The van der Waals surface area contributed by atoms with Gasteiger partial charge in [-0.25, -0.2) is 0 Å². The molecule has 0 bridgehead atoms. The van der Waals surface area contributed by atoms with E-state index in [1.807, 2.05) is 0 Å². The molecular weight excluding hydrogens is 486 g/mol. The highest BCUT2D eigenvalue weighted by atomic mass is 16.6. The highest BCUT2D eigenvalue weighted by Gasteiger charge is 2.43. The molecule has 0 spiro atoms. The maximum atomic E-state index is 11.8. The molecule has 36 heavy (non-hydrogen) atoms. The lowest BCUT2D eigenvalue weighted by molar-refractivity contribution is -0.240. The molecular formula is C22H41NO13. The second-order valence-electron chi connectivity index (χ2n) is 8.70. The third-order valence-corrected chi connectivity index (χ3v) is 5.95. The van der Waals surface area contributed by atoms with Crippen LogP contribution in [0.4, 0.5) is 0 Å². The number of rotatable bonds is 17. The van der Waals surface area contributed by atoms with Crippen molar-refractivity contribution in [3.05, 3.63) is 0 Å². The normalized spacial score (nSPS) is 30.0. The number of nitrogens with zero attached hydrogens (tertiary/aromatic N) is 1. The zero-order valence-corrected chi connectivity index (χ0v) is 20.5. The second kappa shape index (κ2) is 16.7. The van der Waals surface area contributed by atoms with Crippen LogP contribution in [0.15, 0.2) is 4.99 Å². The van der Waals surface area contributed by atoms with Crippen molar-refractivity contribution < 1.29 is 65.0 Å². The van der Waals surface area contributed by atoms with E-state index < -0.39 is 92.6 Å². The Morgan fingerprint density at radius 1 is 1.06 bits per heavy atom. The molecule has 1 saturated heterocycles. The average Bonchev–Trinajstić information content (AvgIpc) is 2.87. The molecule has 212 valence electrons. The van der Waals surface area contributed by atoms with Crippen LogP contribution in [-0.2, 0) is 19.0 Å². The molecule has 0 aromatic heterocycles. The Bertz CT molecular complexity index is 649. The fourth-order valence-electron chi connectivity index (χ4n) is 3.65. The molecule has 1 aliphatic heterocycles. The van der Waals surface area contributed by atoms with Crippen molar-refractivity contribution in [2.75, 3.05) is 39.6 Å². The fraction of sp³-hybridized carbons (Fsp3) is 0.909. The Hall–Kier alpha value is -1.14. The monoisotopic (exact) mass is 527 g/mol. The smallest absolute Gasteiger partial charge is 0.189 e. The number of aliphatic imine (C=N–C) groups is 1. The van der Waals surface area contributed by atoms with Crippen molar-refractivity contribution in [2.24, 2.45) is 10.9 Å². The van der Waals surface area contributed by atoms with Crippen molar-refractivity contribution in [3.63, 3.8) is 0 Å². The van der Waals surface area contributed by atoms with E-state index >= 15 is 0 Å². The van der Waals surface area contributed by atoms with Crippen molar-refractivity contribution in [1.29, 1.82) is 0 Å². The topological polar surface area (TPSA) is 239 Å². The van der Waals surface area contributed by atoms with Crippen LogP contribution in [0.1, 0.15) is 20.3 Å². The van der Waals surface area contributed by atoms with Gasteiger partial charge in [-0.15, -0.1) is 0 Å². The van der Waals surface area contributed by atoms with E-state index in [-0.39, 0.29) is 19.8 Å². The summed E-state index contributed by atoms with van der Waals surface area (Å²) in [6.07, 6.45) is -12.2. The molecule has 9 N–H and O–H groups in total. The van der Waals surface area contributed by atoms with Gasteiger partial charge < -0.3 is 60.2 Å². The molecule has 0 amide bonds. The molecule has 1 fully saturated rings. The zero-order chi connectivity index (χ0) is 27.4. The summed E-state index contributed by atoms with van der Waals surface area (Å²) in [5.41, 5.74) is 0. The van der Waals surface area contributed by atoms with Gasteiger partial charge in [-0.3, -0.25) is 9.79 Å². The van der Waals surface area contributed by atoms with E-state index in [4.69, 9.17) is 14.2 Å². The van der Waals surface area contributed by atoms with Gasteiger partial charge in [0.05, 0.1) is 51.8 Å². The lowest BCUT2D eigenvalue weighted by Crippen LogP contribution is -2.59. The van der Waals surface area contributed by atoms with Crippen LogP contribution in [0.3, 0.4) is 0 Å². The van der Waals surface area contributed by atoms with Crippen LogP contribution in [-0.4, -0.2) is 159 Å². The van der Waals surface area contributed by atoms with Gasteiger partial charge >= 0.3 is 0 Å². The zero-order valence-electron chi connectivity index (χ0n) is 20.5. The number of carbonyl (C=O) groups excluding carboxylic acids is 1. The van der Waals surface area contributed by atoms with E-state index in [1.54, 1.807) is 6.92 Å². The summed E-state index contributed by atoms with van der Waals surface area (Å²) in [4.78, 5) is 15.7. The van der Waals surface area contributed by atoms with Gasteiger partial charge in [0.1, 0.15) is 48.8 Å². The van der Waals surface area contributed by atoms with Crippen LogP contribution < -0.4 is 0 Å². The largest absolute Gasteiger partial charge is 0.394 e. The molecule has 14 heteroatoms. The van der Waals surface area contributed by atoms with Crippen LogP contribution in [0.25, 0.3) is 0 Å². The highest BCUT2D eigenvalue weighted by molar-refractivity contribution is 5.86. The summed E-state index contributed by atoms with van der Waals surface area (Å²) < 4.78 is 16.1. The van der Waals surface area contributed by atoms with Crippen molar-refractivity contribution in [1.82, 2.24) is 0 Å². The maximum absolute atomic E-state index is 11.8. The van der Waals surface area contributed by atoms with E-state index in [9.17, 15) is 50.8 Å². The third kappa shape index (κ3) is 9.63. The quantitative estimate of drug-likeness (QED) is 0.0639. The van der Waals surface area contributed by atoms with Gasteiger partial charge in [-0.2, -0.15) is 0 Å². The molecule has 0 saturated carbocycles. The van der Waals surface area contributed by atoms with Gasteiger partial charge in [0.15, 0.2) is 5.78 Å². The standard InChI is InChI=1S/C22H41NO13/c1-3-15(18(29)11(2)26)35-5-4-23-6-13(27)19(30)12(14(28)7-24)9-34-10-17-21(32)22(33)20(31)16(8-25)36-17/h6,11-17,19-22,24-28,30-33H,3-5,7-10H2,1-2H3/b23-6+/t11?,12-,13?,14?,15?,16?,17-,19?,20+,21?,22?/m1/s1. The summed E-state index contributed by atoms with van der Waals surface area (Å²) in [5, 5.41) is 88.4. The first kappa shape index (κ1) is 32.9.